The summed E-state index contributed by atoms with van der Waals surface area (Å²) in [6.07, 6.45) is 2.40. The lowest BCUT2D eigenvalue weighted by atomic mass is 9.72. The molecule has 0 aromatic carbocycles. The summed E-state index contributed by atoms with van der Waals surface area (Å²) < 4.78 is 0. The van der Waals surface area contributed by atoms with E-state index in [2.05, 4.69) is 45.6 Å². The van der Waals surface area contributed by atoms with E-state index in [1.165, 1.54) is 0 Å². The van der Waals surface area contributed by atoms with E-state index < -0.39 is 0 Å². The van der Waals surface area contributed by atoms with E-state index in [-0.39, 0.29) is 28.0 Å². The lowest BCUT2D eigenvalue weighted by molar-refractivity contribution is -0.127. The minimum Gasteiger partial charge on any atom is -0.374 e. The molecule has 1 aliphatic rings. The molecule has 1 fully saturated rings. The third-order valence-electron chi connectivity index (χ3n) is 4.94. The van der Waals surface area contributed by atoms with Gasteiger partial charge in [0.2, 0.25) is 0 Å². The molecule has 0 bridgehead atoms. The summed E-state index contributed by atoms with van der Waals surface area (Å²) >= 11 is 0. The second kappa shape index (κ2) is 8.87. The van der Waals surface area contributed by atoms with Gasteiger partial charge in [-0.2, -0.15) is 5.26 Å². The summed E-state index contributed by atoms with van der Waals surface area (Å²) in [6.45, 7) is 17.9. The molecule has 4 nitrogen and oxygen atoms in total. The third-order valence-corrected chi connectivity index (χ3v) is 4.94. The third kappa shape index (κ3) is 6.06. The highest BCUT2D eigenvalue weighted by Crippen LogP contribution is 2.37. The smallest absolute Gasteiger partial charge is 0.167 e. The Balaban J connectivity index is 3.62. The number of ketones is 2. The fourth-order valence-electron chi connectivity index (χ4n) is 3.79. The van der Waals surface area contributed by atoms with Gasteiger partial charge >= 0.3 is 0 Å². The van der Waals surface area contributed by atoms with Crippen molar-refractivity contribution in [2.75, 3.05) is 13.1 Å². The van der Waals surface area contributed by atoms with Gasteiger partial charge in [0.15, 0.2) is 11.6 Å². The summed E-state index contributed by atoms with van der Waals surface area (Å²) in [5.74, 6) is -0.259. The fourth-order valence-corrected chi connectivity index (χ4v) is 3.79. The Morgan fingerprint density at radius 1 is 1.15 bits per heavy atom. The molecule has 0 saturated heterocycles. The van der Waals surface area contributed by atoms with E-state index >= 15 is 0 Å². The van der Waals surface area contributed by atoms with Gasteiger partial charge in [-0.15, -0.1) is 0 Å². The molecule has 0 N–H and O–H groups in total. The van der Waals surface area contributed by atoms with E-state index in [0.29, 0.717) is 24.0 Å². The molecule has 150 valence electrons. The first-order valence-corrected chi connectivity index (χ1v) is 10.0. The van der Waals surface area contributed by atoms with Crippen molar-refractivity contribution in [1.29, 1.82) is 5.26 Å². The number of Topliss-reactive ketones (excluding diaryl/α,β-unsaturated/α-hetero) is 2. The maximum Gasteiger partial charge on any atom is 0.167 e. The van der Waals surface area contributed by atoms with Crippen molar-refractivity contribution in [3.05, 3.63) is 22.4 Å². The zero-order valence-electron chi connectivity index (χ0n) is 18.5. The molecular weight excluding hydrogens is 336 g/mol. The summed E-state index contributed by atoms with van der Waals surface area (Å²) in [5, 5.41) is 9.99. The number of nitriles is 1. The number of hydrogen-bond donors (Lipinski definition) is 0. The van der Waals surface area contributed by atoms with Crippen LogP contribution in [0.5, 0.6) is 0 Å². The summed E-state index contributed by atoms with van der Waals surface area (Å²) in [7, 11) is 0. The van der Waals surface area contributed by atoms with Crippen LogP contribution in [-0.4, -0.2) is 29.6 Å². The van der Waals surface area contributed by atoms with E-state index in [4.69, 9.17) is 0 Å². The van der Waals surface area contributed by atoms with Gasteiger partial charge in [-0.05, 0) is 43.1 Å². The van der Waals surface area contributed by atoms with Crippen LogP contribution in [0, 0.1) is 22.2 Å². The molecule has 0 aromatic heterocycles. The Labute approximate surface area is 165 Å². The Morgan fingerprint density at radius 2 is 1.67 bits per heavy atom. The number of hydrogen-bond acceptors (Lipinski definition) is 4. The summed E-state index contributed by atoms with van der Waals surface area (Å²) in [5.41, 5.74) is 1.93. The minimum absolute atomic E-state index is 0.00782. The zero-order valence-corrected chi connectivity index (χ0v) is 18.5. The fraction of sp³-hybridized carbons (Fsp3) is 0.696. The van der Waals surface area contributed by atoms with Gasteiger partial charge in [0, 0.05) is 31.6 Å². The molecule has 0 unspecified atom stereocenters. The van der Waals surface area contributed by atoms with E-state index in [1.54, 1.807) is 6.92 Å². The first-order valence-electron chi connectivity index (χ1n) is 10.0. The normalized spacial score (nSPS) is 18.1. The van der Waals surface area contributed by atoms with Crippen molar-refractivity contribution in [1.82, 2.24) is 4.90 Å². The van der Waals surface area contributed by atoms with Crippen molar-refractivity contribution >= 4 is 11.6 Å². The van der Waals surface area contributed by atoms with Crippen LogP contribution in [0.25, 0.3) is 0 Å². The van der Waals surface area contributed by atoms with Crippen molar-refractivity contribution in [2.24, 2.45) is 10.8 Å². The molecule has 0 atom stereocenters. The van der Waals surface area contributed by atoms with Crippen LogP contribution in [0.3, 0.4) is 0 Å². The quantitative estimate of drug-likeness (QED) is 0.365. The number of carbonyl (C=O) groups excluding carboxylic acids is 2. The van der Waals surface area contributed by atoms with E-state index in [1.807, 2.05) is 13.8 Å². The lowest BCUT2D eigenvalue weighted by Gasteiger charge is -2.33. The Morgan fingerprint density at radius 3 is 2.04 bits per heavy atom. The zero-order chi connectivity index (χ0) is 21.0. The number of rotatable bonds is 6. The Bertz CT molecular complexity index is 675. The molecule has 0 aliphatic heterocycles. The molecular formula is C23H36N2O2. The lowest BCUT2D eigenvalue weighted by Crippen LogP contribution is -2.33. The van der Waals surface area contributed by atoms with Gasteiger partial charge in [0.25, 0.3) is 0 Å². The molecule has 0 radical (unpaired) electrons. The van der Waals surface area contributed by atoms with Crippen LogP contribution in [0.1, 0.15) is 81.1 Å². The van der Waals surface area contributed by atoms with Gasteiger partial charge in [0.05, 0.1) is 11.1 Å². The van der Waals surface area contributed by atoms with Crippen LogP contribution in [0.15, 0.2) is 22.4 Å². The van der Waals surface area contributed by atoms with Crippen LogP contribution in [0.2, 0.25) is 0 Å². The standard InChI is InChI=1S/C23H36N2O2/c1-9-11-25(10-2)18(12-22(4,5)6)17(15-24)16(3)21-19(26)13-23(7,8)14-20(21)27/h9-14H2,1-8H3/b18-17+. The highest BCUT2D eigenvalue weighted by atomic mass is 16.1. The van der Waals surface area contributed by atoms with Crippen LogP contribution < -0.4 is 0 Å². The largest absolute Gasteiger partial charge is 0.374 e. The maximum atomic E-state index is 12.7. The molecule has 0 amide bonds. The predicted octanol–water partition coefficient (Wildman–Crippen LogP) is 5.21. The second-order valence-corrected chi connectivity index (χ2v) is 9.61. The predicted molar refractivity (Wildman–Crippen MR) is 110 cm³/mol. The number of carbonyl (C=O) groups is 2. The van der Waals surface area contributed by atoms with Crippen molar-refractivity contribution in [3.63, 3.8) is 0 Å². The number of nitrogens with zero attached hydrogens (tertiary/aromatic N) is 2. The van der Waals surface area contributed by atoms with Gasteiger partial charge < -0.3 is 4.90 Å². The average Bonchev–Trinajstić information content (AvgIpc) is 2.49. The molecule has 1 saturated carbocycles. The molecule has 0 spiro atoms. The molecule has 0 aromatic rings. The molecule has 0 heterocycles. The highest BCUT2D eigenvalue weighted by molar-refractivity contribution is 6.23. The van der Waals surface area contributed by atoms with Crippen LogP contribution >= 0.6 is 0 Å². The van der Waals surface area contributed by atoms with Crippen LogP contribution in [0.4, 0.5) is 0 Å². The highest BCUT2D eigenvalue weighted by Gasteiger charge is 2.37. The topological polar surface area (TPSA) is 61.2 Å². The number of allylic oxidation sites excluding steroid dienone is 4. The molecule has 27 heavy (non-hydrogen) atoms. The Hall–Kier alpha value is -1.89. The van der Waals surface area contributed by atoms with E-state index in [0.717, 1.165) is 31.6 Å². The molecule has 4 heteroatoms. The van der Waals surface area contributed by atoms with Gasteiger partial charge in [-0.1, -0.05) is 41.5 Å². The summed E-state index contributed by atoms with van der Waals surface area (Å²) in [4.78, 5) is 27.7. The minimum atomic E-state index is -0.305. The van der Waals surface area contributed by atoms with Crippen molar-refractivity contribution in [3.8, 4) is 6.07 Å². The Kier molecular flexibility index (Phi) is 7.60. The first kappa shape index (κ1) is 23.1. The maximum absolute atomic E-state index is 12.7. The van der Waals surface area contributed by atoms with Crippen molar-refractivity contribution < 1.29 is 9.59 Å². The van der Waals surface area contributed by atoms with E-state index in [9.17, 15) is 14.9 Å². The monoisotopic (exact) mass is 372 g/mol. The second-order valence-electron chi connectivity index (χ2n) is 9.61. The van der Waals surface area contributed by atoms with Crippen LogP contribution in [-0.2, 0) is 9.59 Å². The van der Waals surface area contributed by atoms with Crippen molar-refractivity contribution in [2.45, 2.75) is 81.1 Å². The first-order chi connectivity index (χ1) is 12.4. The molecule has 1 aliphatic carbocycles. The SMILES string of the molecule is CCCN(CC)/C(CC(C)(C)C)=C(\C#N)C(C)=C1C(=O)CC(C)(C)CC1=O. The molecule has 1 rings (SSSR count). The summed E-state index contributed by atoms with van der Waals surface area (Å²) in [6, 6.07) is 2.33. The average molecular weight is 373 g/mol. The van der Waals surface area contributed by atoms with Gasteiger partial charge in [0.1, 0.15) is 6.07 Å². The van der Waals surface area contributed by atoms with Gasteiger partial charge in [-0.25, -0.2) is 0 Å². The van der Waals surface area contributed by atoms with Gasteiger partial charge in [-0.3, -0.25) is 9.59 Å².